The molecule has 0 saturated heterocycles. The predicted molar refractivity (Wildman–Crippen MR) is 52.6 cm³/mol. The Morgan fingerprint density at radius 3 is 2.77 bits per heavy atom. The van der Waals surface area contributed by atoms with Gasteiger partial charge < -0.3 is 5.11 Å². The van der Waals surface area contributed by atoms with Crippen molar-refractivity contribution < 1.29 is 9.90 Å². The third-order valence-electron chi connectivity index (χ3n) is 3.46. The molecule has 1 aliphatic rings. The lowest BCUT2D eigenvalue weighted by Crippen LogP contribution is -2.29. The molecule has 0 spiro atoms. The van der Waals surface area contributed by atoms with Crippen molar-refractivity contribution in [3.8, 4) is 0 Å². The quantitative estimate of drug-likeness (QED) is 0.732. The minimum atomic E-state index is -0.629. The van der Waals surface area contributed by atoms with Gasteiger partial charge in [-0.1, -0.05) is 26.7 Å². The molecule has 0 bridgehead atoms. The summed E-state index contributed by atoms with van der Waals surface area (Å²) in [6.07, 6.45) is 6.09. The molecule has 0 heterocycles. The Balaban J connectivity index is 2.61. The minimum absolute atomic E-state index is 0.115. The van der Waals surface area contributed by atoms with E-state index in [1.807, 2.05) is 0 Å². The smallest absolute Gasteiger partial charge is 0.303 e. The van der Waals surface area contributed by atoms with Crippen LogP contribution in [0.1, 0.15) is 52.4 Å². The van der Waals surface area contributed by atoms with Crippen LogP contribution in [0.15, 0.2) is 0 Å². The Kier molecular flexibility index (Phi) is 3.34. The van der Waals surface area contributed by atoms with Crippen molar-refractivity contribution in [2.24, 2.45) is 11.3 Å². The maximum Gasteiger partial charge on any atom is 0.303 e. The summed E-state index contributed by atoms with van der Waals surface area (Å²) in [6, 6.07) is 0. The Morgan fingerprint density at radius 2 is 2.31 bits per heavy atom. The third-order valence-corrected chi connectivity index (χ3v) is 3.46. The molecule has 1 rings (SSSR count). The topological polar surface area (TPSA) is 37.3 Å². The summed E-state index contributed by atoms with van der Waals surface area (Å²) in [7, 11) is 0. The van der Waals surface area contributed by atoms with E-state index in [1.165, 1.54) is 12.8 Å². The van der Waals surface area contributed by atoms with E-state index in [1.54, 1.807) is 0 Å². The molecule has 0 unspecified atom stereocenters. The molecular formula is C11H20O2. The average Bonchev–Trinajstić information content (AvgIpc) is 2.03. The van der Waals surface area contributed by atoms with Crippen LogP contribution in [0, 0.1) is 11.3 Å². The van der Waals surface area contributed by atoms with E-state index in [2.05, 4.69) is 13.8 Å². The van der Waals surface area contributed by atoms with Gasteiger partial charge in [-0.2, -0.15) is 0 Å². The van der Waals surface area contributed by atoms with E-state index in [-0.39, 0.29) is 5.41 Å². The van der Waals surface area contributed by atoms with E-state index in [9.17, 15) is 4.79 Å². The molecule has 0 aromatic heterocycles. The molecule has 0 aliphatic heterocycles. The number of hydrogen-bond acceptors (Lipinski definition) is 1. The van der Waals surface area contributed by atoms with Crippen LogP contribution in [0.25, 0.3) is 0 Å². The zero-order valence-corrected chi connectivity index (χ0v) is 8.68. The fourth-order valence-electron chi connectivity index (χ4n) is 2.70. The van der Waals surface area contributed by atoms with Crippen molar-refractivity contribution >= 4 is 5.97 Å². The summed E-state index contributed by atoms with van der Waals surface area (Å²) in [5, 5.41) is 8.85. The summed E-state index contributed by atoms with van der Waals surface area (Å²) in [5.74, 6) is 0.0870. The maximum atomic E-state index is 10.7. The first-order chi connectivity index (χ1) is 6.08. The van der Waals surface area contributed by atoms with Crippen LogP contribution in [0.4, 0.5) is 0 Å². The summed E-state index contributed by atoms with van der Waals surface area (Å²) in [6.45, 7) is 4.37. The van der Waals surface area contributed by atoms with Crippen LogP contribution in [0.5, 0.6) is 0 Å². The van der Waals surface area contributed by atoms with Crippen molar-refractivity contribution in [1.82, 2.24) is 0 Å². The van der Waals surface area contributed by atoms with Crippen LogP contribution >= 0.6 is 0 Å². The van der Waals surface area contributed by atoms with Crippen LogP contribution in [0.3, 0.4) is 0 Å². The summed E-state index contributed by atoms with van der Waals surface area (Å²) in [5.41, 5.74) is 0.115. The van der Waals surface area contributed by atoms with Gasteiger partial charge in [0.2, 0.25) is 0 Å². The zero-order valence-electron chi connectivity index (χ0n) is 8.68. The second kappa shape index (κ2) is 4.12. The molecule has 13 heavy (non-hydrogen) atoms. The van der Waals surface area contributed by atoms with Gasteiger partial charge in [0.1, 0.15) is 0 Å². The van der Waals surface area contributed by atoms with Gasteiger partial charge in [0.15, 0.2) is 0 Å². The number of aliphatic carboxylic acids is 1. The predicted octanol–water partition coefficient (Wildman–Crippen LogP) is 3.07. The molecule has 1 N–H and O–H groups in total. The fourth-order valence-corrected chi connectivity index (χ4v) is 2.70. The molecule has 76 valence electrons. The van der Waals surface area contributed by atoms with Gasteiger partial charge in [-0.15, -0.1) is 0 Å². The molecular weight excluding hydrogens is 164 g/mol. The van der Waals surface area contributed by atoms with E-state index in [0.29, 0.717) is 12.3 Å². The molecule has 0 amide bonds. The van der Waals surface area contributed by atoms with Gasteiger partial charge in [0.25, 0.3) is 0 Å². The molecule has 2 heteroatoms. The fraction of sp³-hybridized carbons (Fsp3) is 0.909. The molecule has 1 aliphatic carbocycles. The molecule has 1 saturated carbocycles. The van der Waals surface area contributed by atoms with Gasteiger partial charge in [0, 0.05) is 0 Å². The van der Waals surface area contributed by atoms with Crippen molar-refractivity contribution in [2.75, 3.05) is 0 Å². The van der Waals surface area contributed by atoms with E-state index in [4.69, 9.17) is 5.11 Å². The van der Waals surface area contributed by atoms with E-state index < -0.39 is 5.97 Å². The van der Waals surface area contributed by atoms with Gasteiger partial charge in [-0.05, 0) is 30.6 Å². The largest absolute Gasteiger partial charge is 0.481 e. The van der Waals surface area contributed by atoms with Gasteiger partial charge in [0.05, 0.1) is 6.42 Å². The Morgan fingerprint density at radius 1 is 1.62 bits per heavy atom. The van der Waals surface area contributed by atoms with Crippen molar-refractivity contribution in [2.45, 2.75) is 52.4 Å². The monoisotopic (exact) mass is 184 g/mol. The molecule has 0 aromatic carbocycles. The first-order valence-electron chi connectivity index (χ1n) is 5.30. The summed E-state index contributed by atoms with van der Waals surface area (Å²) in [4.78, 5) is 10.7. The number of carboxylic acids is 1. The molecule has 2 nitrogen and oxygen atoms in total. The highest BCUT2D eigenvalue weighted by Crippen LogP contribution is 2.44. The van der Waals surface area contributed by atoms with Gasteiger partial charge in [-0.25, -0.2) is 0 Å². The van der Waals surface area contributed by atoms with Crippen LogP contribution in [-0.2, 0) is 4.79 Å². The van der Waals surface area contributed by atoms with Crippen molar-refractivity contribution in [1.29, 1.82) is 0 Å². The lowest BCUT2D eigenvalue weighted by atomic mass is 9.67. The van der Waals surface area contributed by atoms with Crippen LogP contribution in [-0.4, -0.2) is 11.1 Å². The molecule has 0 radical (unpaired) electrons. The number of hydrogen-bond donors (Lipinski definition) is 1. The SMILES string of the molecule is CC[C@]1(CC(=O)O)CCC[C@@H](C)C1. The number of rotatable bonds is 3. The normalized spacial score (nSPS) is 34.5. The van der Waals surface area contributed by atoms with E-state index in [0.717, 1.165) is 19.3 Å². The lowest BCUT2D eigenvalue weighted by molar-refractivity contribution is -0.140. The molecule has 0 aromatic rings. The Hall–Kier alpha value is -0.530. The second-order valence-corrected chi connectivity index (χ2v) is 4.63. The average molecular weight is 184 g/mol. The molecule has 1 fully saturated rings. The second-order valence-electron chi connectivity index (χ2n) is 4.63. The summed E-state index contributed by atoms with van der Waals surface area (Å²) >= 11 is 0. The standard InChI is InChI=1S/C11H20O2/c1-3-11(8-10(12)13)6-4-5-9(2)7-11/h9H,3-8H2,1-2H3,(H,12,13)/t9-,11+/m1/s1. The highest BCUT2D eigenvalue weighted by Gasteiger charge is 2.35. The highest BCUT2D eigenvalue weighted by atomic mass is 16.4. The van der Waals surface area contributed by atoms with Gasteiger partial charge >= 0.3 is 5.97 Å². The zero-order chi connectivity index (χ0) is 9.90. The number of carbonyl (C=O) groups is 1. The maximum absolute atomic E-state index is 10.7. The van der Waals surface area contributed by atoms with Crippen molar-refractivity contribution in [3.05, 3.63) is 0 Å². The highest BCUT2D eigenvalue weighted by molar-refractivity contribution is 5.67. The summed E-state index contributed by atoms with van der Waals surface area (Å²) < 4.78 is 0. The first-order valence-corrected chi connectivity index (χ1v) is 5.30. The number of carboxylic acid groups (broad SMARTS) is 1. The first kappa shape index (κ1) is 10.6. The Bertz CT molecular complexity index is 189. The van der Waals surface area contributed by atoms with Crippen LogP contribution in [0.2, 0.25) is 0 Å². The minimum Gasteiger partial charge on any atom is -0.481 e. The Labute approximate surface area is 80.3 Å². The van der Waals surface area contributed by atoms with Crippen LogP contribution < -0.4 is 0 Å². The third kappa shape index (κ3) is 2.71. The lowest BCUT2D eigenvalue weighted by Gasteiger charge is -2.38. The van der Waals surface area contributed by atoms with Crippen molar-refractivity contribution in [3.63, 3.8) is 0 Å². The van der Waals surface area contributed by atoms with E-state index >= 15 is 0 Å². The molecule has 2 atom stereocenters. The van der Waals surface area contributed by atoms with Gasteiger partial charge in [-0.3, -0.25) is 4.79 Å².